The maximum Gasteiger partial charge on any atom is 0.308 e. The molecule has 11 nitrogen and oxygen atoms in total. The molecule has 1 N–H and O–H groups in total. The number of carbonyl (C=O) groups excluding carboxylic acids is 1. The first-order valence-corrected chi connectivity index (χ1v) is 14.8. The highest BCUT2D eigenvalue weighted by Gasteiger charge is 2.47. The number of hydrogen-bond donors (Lipinski definition) is 1. The number of carbonyl (C=O) groups is 2. The molecule has 3 heterocycles. The van der Waals surface area contributed by atoms with E-state index >= 15 is 0 Å². The van der Waals surface area contributed by atoms with Crippen molar-refractivity contribution in [2.24, 2.45) is 5.92 Å². The molecule has 230 valence electrons. The van der Waals surface area contributed by atoms with Crippen LogP contribution in [-0.2, 0) is 16.1 Å². The topological polar surface area (TPSA) is 114 Å². The number of hydrogen-bond acceptors (Lipinski definition) is 8. The van der Waals surface area contributed by atoms with Crippen molar-refractivity contribution in [2.75, 3.05) is 60.7 Å². The van der Waals surface area contributed by atoms with Crippen molar-refractivity contribution in [3.63, 3.8) is 0 Å². The van der Waals surface area contributed by atoms with Crippen LogP contribution in [0.15, 0.2) is 41.3 Å². The molecule has 0 bridgehead atoms. The van der Waals surface area contributed by atoms with Crippen molar-refractivity contribution in [3.8, 4) is 17.2 Å². The number of likely N-dealkylation sites (tertiary alicyclic amines) is 1. The van der Waals surface area contributed by atoms with E-state index in [0.29, 0.717) is 49.8 Å². The summed E-state index contributed by atoms with van der Waals surface area (Å²) in [6.45, 7) is 5.21. The summed E-state index contributed by atoms with van der Waals surface area (Å²) in [7, 11) is 5.57. The Morgan fingerprint density at radius 2 is 1.90 bits per heavy atom. The molecule has 3 atom stereocenters. The van der Waals surface area contributed by atoms with Gasteiger partial charge in [0.25, 0.3) is 0 Å². The molecule has 42 heavy (non-hydrogen) atoms. The molecule has 0 spiro atoms. The number of aryl methyl sites for hydroxylation is 1. The number of pyridine rings is 1. The van der Waals surface area contributed by atoms with E-state index < -0.39 is 23.8 Å². The Hall–Kier alpha value is -3.57. The number of ether oxygens (including phenoxy) is 3. The Kier molecular flexibility index (Phi) is 10.9. The minimum Gasteiger partial charge on any atom is -0.493 e. The summed E-state index contributed by atoms with van der Waals surface area (Å²) in [6, 6.07) is 8.13. The molecule has 1 aromatic heterocycles. The smallest absolute Gasteiger partial charge is 0.308 e. The normalized spacial score (nSPS) is 19.8. The number of aromatic nitrogens is 1. The molecule has 4 rings (SSSR count). The molecule has 0 unspecified atom stereocenters. The van der Waals surface area contributed by atoms with Crippen molar-refractivity contribution >= 4 is 11.9 Å². The summed E-state index contributed by atoms with van der Waals surface area (Å²) in [5.74, 6) is -0.667. The Labute approximate surface area is 247 Å². The minimum absolute atomic E-state index is 0.00265. The molecule has 1 aromatic carbocycles. The summed E-state index contributed by atoms with van der Waals surface area (Å²) in [4.78, 5) is 45.1. The second kappa shape index (κ2) is 14.6. The lowest BCUT2D eigenvalue weighted by Crippen LogP contribution is -2.45. The molecular formula is C31H44N4O7. The molecule has 0 aliphatic carbocycles. The van der Waals surface area contributed by atoms with Crippen LogP contribution in [0.3, 0.4) is 0 Å². The van der Waals surface area contributed by atoms with Gasteiger partial charge in [-0.1, -0.05) is 19.4 Å². The van der Waals surface area contributed by atoms with Crippen LogP contribution in [0.25, 0.3) is 0 Å². The minimum atomic E-state index is -0.939. The highest BCUT2D eigenvalue weighted by molar-refractivity contribution is 5.79. The van der Waals surface area contributed by atoms with Crippen LogP contribution in [0.2, 0.25) is 0 Å². The summed E-state index contributed by atoms with van der Waals surface area (Å²) < 4.78 is 18.3. The van der Waals surface area contributed by atoms with Gasteiger partial charge in [0.1, 0.15) is 0 Å². The average Bonchev–Trinajstić information content (AvgIpc) is 3.58. The standard InChI is InChI=1S/C31H44N4O7/c1-5-6-13-33(15-9-12-32(2)3)28(37)20-35-19-23(22-17-25(40-4)30-26(18-22)41-21-42-30)29(31(38)39)24(35)11-16-34-14-8-7-10-27(34)36/h7-8,10,14,17-18,23-24,29H,5-6,9,11-13,15-16,19-21H2,1-4H3,(H,38,39)/t23-,24+,29-/m1/s1. The van der Waals surface area contributed by atoms with E-state index in [-0.39, 0.29) is 24.8 Å². The van der Waals surface area contributed by atoms with Crippen LogP contribution in [0.4, 0.5) is 0 Å². The van der Waals surface area contributed by atoms with Gasteiger partial charge in [-0.3, -0.25) is 19.3 Å². The van der Waals surface area contributed by atoms with Gasteiger partial charge in [0.05, 0.1) is 19.6 Å². The van der Waals surface area contributed by atoms with Gasteiger partial charge in [-0.25, -0.2) is 0 Å². The summed E-state index contributed by atoms with van der Waals surface area (Å²) in [6.07, 6.45) is 4.86. The SMILES string of the molecule is CCCCN(CCCN(C)C)C(=O)CN1C[C@H](c2cc(OC)c3c(c2)OCO3)[C@@H](C(=O)O)[C@@H]1CCn1ccccc1=O. The molecule has 1 fully saturated rings. The van der Waals surface area contributed by atoms with Crippen molar-refractivity contribution in [1.29, 1.82) is 0 Å². The largest absolute Gasteiger partial charge is 0.493 e. The number of nitrogens with zero attached hydrogens (tertiary/aromatic N) is 4. The van der Waals surface area contributed by atoms with E-state index in [1.165, 1.54) is 13.2 Å². The fourth-order valence-corrected chi connectivity index (χ4v) is 6.03. The molecule has 2 aliphatic heterocycles. The number of methoxy groups -OCH3 is 1. The van der Waals surface area contributed by atoms with Gasteiger partial charge in [0.2, 0.25) is 24.0 Å². The van der Waals surface area contributed by atoms with Crippen LogP contribution >= 0.6 is 0 Å². The Morgan fingerprint density at radius 3 is 2.60 bits per heavy atom. The fraction of sp³-hybridized carbons (Fsp3) is 0.581. The third-order valence-corrected chi connectivity index (χ3v) is 8.21. The number of fused-ring (bicyclic) bond motifs is 1. The first-order valence-electron chi connectivity index (χ1n) is 14.8. The van der Waals surface area contributed by atoms with Crippen LogP contribution < -0.4 is 19.8 Å². The molecule has 2 aromatic rings. The zero-order valence-corrected chi connectivity index (χ0v) is 25.2. The van der Waals surface area contributed by atoms with Gasteiger partial charge in [-0.2, -0.15) is 0 Å². The predicted molar refractivity (Wildman–Crippen MR) is 158 cm³/mol. The zero-order valence-electron chi connectivity index (χ0n) is 25.2. The third-order valence-electron chi connectivity index (χ3n) is 8.21. The monoisotopic (exact) mass is 584 g/mol. The van der Waals surface area contributed by atoms with Crippen molar-refractivity contribution in [1.82, 2.24) is 19.3 Å². The summed E-state index contributed by atoms with van der Waals surface area (Å²) >= 11 is 0. The molecule has 2 aliphatic rings. The highest BCUT2D eigenvalue weighted by atomic mass is 16.7. The number of carboxylic acids is 1. The fourth-order valence-electron chi connectivity index (χ4n) is 6.03. The van der Waals surface area contributed by atoms with E-state index in [0.717, 1.165) is 31.4 Å². The van der Waals surface area contributed by atoms with Gasteiger partial charge in [-0.05, 0) is 63.7 Å². The predicted octanol–water partition coefficient (Wildman–Crippen LogP) is 2.72. The first kappa shape index (κ1) is 31.4. The van der Waals surface area contributed by atoms with E-state index in [1.54, 1.807) is 22.9 Å². The average molecular weight is 585 g/mol. The van der Waals surface area contributed by atoms with Crippen LogP contribution in [0.1, 0.15) is 44.1 Å². The Bertz CT molecular complexity index is 1280. The second-order valence-corrected chi connectivity index (χ2v) is 11.3. The third kappa shape index (κ3) is 7.43. The number of amides is 1. The van der Waals surface area contributed by atoms with Crippen LogP contribution in [0, 0.1) is 5.92 Å². The van der Waals surface area contributed by atoms with Crippen LogP contribution in [-0.4, -0.2) is 103 Å². The van der Waals surface area contributed by atoms with Crippen LogP contribution in [0.5, 0.6) is 17.2 Å². The van der Waals surface area contributed by atoms with E-state index in [1.807, 2.05) is 36.0 Å². The second-order valence-electron chi connectivity index (χ2n) is 11.3. The van der Waals surface area contributed by atoms with E-state index in [2.05, 4.69) is 11.8 Å². The Balaban J connectivity index is 1.63. The van der Waals surface area contributed by atoms with E-state index in [4.69, 9.17) is 14.2 Å². The quantitative estimate of drug-likeness (QED) is 0.338. The number of aliphatic carboxylic acids is 1. The maximum absolute atomic E-state index is 13.7. The maximum atomic E-state index is 13.7. The van der Waals surface area contributed by atoms with Crippen molar-refractivity contribution in [2.45, 2.75) is 51.1 Å². The Morgan fingerprint density at radius 1 is 1.12 bits per heavy atom. The first-order chi connectivity index (χ1) is 20.2. The molecular weight excluding hydrogens is 540 g/mol. The number of rotatable bonds is 15. The summed E-state index contributed by atoms with van der Waals surface area (Å²) in [5, 5.41) is 10.6. The van der Waals surface area contributed by atoms with Crippen molar-refractivity contribution < 1.29 is 28.9 Å². The number of carboxylic acid groups (broad SMARTS) is 1. The number of unbranched alkanes of at least 4 members (excludes halogenated alkanes) is 1. The van der Waals surface area contributed by atoms with Gasteiger partial charge >= 0.3 is 5.97 Å². The van der Waals surface area contributed by atoms with Gasteiger partial charge in [-0.15, -0.1) is 0 Å². The number of benzene rings is 1. The summed E-state index contributed by atoms with van der Waals surface area (Å²) in [5.41, 5.74) is 0.614. The molecule has 0 radical (unpaired) electrons. The lowest BCUT2D eigenvalue weighted by molar-refractivity contribution is -0.144. The zero-order chi connectivity index (χ0) is 30.2. The van der Waals surface area contributed by atoms with Gasteiger partial charge in [0, 0.05) is 50.4 Å². The molecule has 1 saturated heterocycles. The van der Waals surface area contributed by atoms with Gasteiger partial charge < -0.3 is 33.7 Å². The van der Waals surface area contributed by atoms with Gasteiger partial charge in [0.15, 0.2) is 11.5 Å². The van der Waals surface area contributed by atoms with E-state index in [9.17, 15) is 19.5 Å². The molecule has 1 amide bonds. The van der Waals surface area contributed by atoms with Crippen molar-refractivity contribution in [3.05, 3.63) is 52.4 Å². The lowest BCUT2D eigenvalue weighted by atomic mass is 9.84. The highest BCUT2D eigenvalue weighted by Crippen LogP contribution is 2.47. The molecule has 11 heteroatoms. The lowest BCUT2D eigenvalue weighted by Gasteiger charge is -2.30. The molecule has 0 saturated carbocycles.